The number of ether oxygens (including phenoxy) is 2. The molecule has 0 radical (unpaired) electrons. The first-order valence-electron chi connectivity index (χ1n) is 8.54. The van der Waals surface area contributed by atoms with Crippen molar-refractivity contribution in [3.63, 3.8) is 0 Å². The number of amides is 1. The van der Waals surface area contributed by atoms with Gasteiger partial charge in [-0.15, -0.1) is 0 Å². The van der Waals surface area contributed by atoms with Crippen LogP contribution in [-0.4, -0.2) is 53.0 Å². The molecule has 0 bridgehead atoms. The van der Waals surface area contributed by atoms with Crippen molar-refractivity contribution < 1.29 is 27.5 Å². The fraction of sp³-hybridized carbons (Fsp3) is 0.211. The zero-order valence-corrected chi connectivity index (χ0v) is 18.6. The lowest BCUT2D eigenvalue weighted by Crippen LogP contribution is -2.39. The zero-order valence-electron chi connectivity index (χ0n) is 16.2. The number of nitrogens with zero attached hydrogens (tertiary/aromatic N) is 2. The van der Waals surface area contributed by atoms with Crippen LogP contribution < -0.4 is 14.5 Å². The molecular weight excluding hydrogens is 478 g/mol. The van der Waals surface area contributed by atoms with Gasteiger partial charge in [0.05, 0.1) is 25.3 Å². The molecule has 0 aromatic heterocycles. The summed E-state index contributed by atoms with van der Waals surface area (Å²) in [7, 11) is -2.42. The van der Waals surface area contributed by atoms with Crippen LogP contribution in [0.1, 0.15) is 5.56 Å². The van der Waals surface area contributed by atoms with Crippen molar-refractivity contribution in [1.29, 1.82) is 0 Å². The number of nitrogens with one attached hydrogen (secondary N) is 1. The normalized spacial score (nSPS) is 11.2. The van der Waals surface area contributed by atoms with Gasteiger partial charge in [0.2, 0.25) is 10.0 Å². The van der Waals surface area contributed by atoms with Crippen molar-refractivity contribution in [3.8, 4) is 5.75 Å². The number of esters is 1. The van der Waals surface area contributed by atoms with Crippen LogP contribution in [0.4, 0.5) is 5.69 Å². The van der Waals surface area contributed by atoms with Crippen LogP contribution in [0.2, 0.25) is 0 Å². The van der Waals surface area contributed by atoms with Gasteiger partial charge in [0, 0.05) is 4.47 Å². The van der Waals surface area contributed by atoms with Crippen LogP contribution in [0.5, 0.6) is 5.75 Å². The van der Waals surface area contributed by atoms with Crippen molar-refractivity contribution in [1.82, 2.24) is 5.43 Å². The number of rotatable bonds is 9. The van der Waals surface area contributed by atoms with Crippen molar-refractivity contribution in [2.75, 3.05) is 30.8 Å². The van der Waals surface area contributed by atoms with Gasteiger partial charge >= 0.3 is 5.97 Å². The summed E-state index contributed by atoms with van der Waals surface area (Å²) < 4.78 is 35.6. The molecule has 0 atom stereocenters. The SMILES string of the molecule is COC(=O)COc1cccc(/C=N\NC(=O)CN(c2cccc(Br)c2)S(C)(=O)=O)c1. The summed E-state index contributed by atoms with van der Waals surface area (Å²) >= 11 is 3.28. The molecule has 0 heterocycles. The van der Waals surface area contributed by atoms with Gasteiger partial charge in [-0.1, -0.05) is 34.1 Å². The second-order valence-electron chi connectivity index (χ2n) is 5.98. The summed E-state index contributed by atoms with van der Waals surface area (Å²) in [6, 6.07) is 13.3. The van der Waals surface area contributed by atoms with Gasteiger partial charge in [0.15, 0.2) is 6.61 Å². The maximum Gasteiger partial charge on any atom is 0.343 e. The molecular formula is C19H20BrN3O6S. The molecule has 1 amide bonds. The Morgan fingerprint density at radius 3 is 2.60 bits per heavy atom. The molecule has 9 nitrogen and oxygen atoms in total. The third-order valence-electron chi connectivity index (χ3n) is 3.63. The molecule has 0 saturated carbocycles. The number of benzene rings is 2. The molecule has 2 aromatic rings. The summed E-state index contributed by atoms with van der Waals surface area (Å²) in [5.41, 5.74) is 3.24. The Balaban J connectivity index is 2.00. The molecule has 160 valence electrons. The Hall–Kier alpha value is -2.92. The van der Waals surface area contributed by atoms with Crippen molar-refractivity contribution in [2.45, 2.75) is 0 Å². The van der Waals surface area contributed by atoms with Crippen LogP contribution in [-0.2, 0) is 24.3 Å². The third-order valence-corrected chi connectivity index (χ3v) is 5.26. The van der Waals surface area contributed by atoms with Gasteiger partial charge in [-0.3, -0.25) is 9.10 Å². The molecule has 11 heteroatoms. The molecule has 30 heavy (non-hydrogen) atoms. The van der Waals surface area contributed by atoms with E-state index < -0.39 is 28.4 Å². The Bertz CT molecular complexity index is 1040. The lowest BCUT2D eigenvalue weighted by atomic mass is 10.2. The number of halogens is 1. The molecule has 0 spiro atoms. The van der Waals surface area contributed by atoms with Crippen LogP contribution in [0.25, 0.3) is 0 Å². The third kappa shape index (κ3) is 7.48. The molecule has 0 fully saturated rings. The highest BCUT2D eigenvalue weighted by atomic mass is 79.9. The van der Waals surface area contributed by atoms with Crippen molar-refractivity contribution >= 4 is 49.7 Å². The molecule has 0 unspecified atom stereocenters. The topological polar surface area (TPSA) is 114 Å². The summed E-state index contributed by atoms with van der Waals surface area (Å²) in [6.45, 7) is -0.667. The summed E-state index contributed by atoms with van der Waals surface area (Å²) in [4.78, 5) is 23.3. The quantitative estimate of drug-likeness (QED) is 0.321. The highest BCUT2D eigenvalue weighted by Gasteiger charge is 2.20. The van der Waals surface area contributed by atoms with Crippen molar-refractivity contribution in [3.05, 3.63) is 58.6 Å². The number of sulfonamides is 1. The van der Waals surface area contributed by atoms with Crippen LogP contribution in [0, 0.1) is 0 Å². The minimum absolute atomic E-state index is 0.231. The van der Waals surface area contributed by atoms with Gasteiger partial charge in [-0.05, 0) is 35.9 Å². The summed E-state index contributed by atoms with van der Waals surface area (Å²) in [5.74, 6) is -0.703. The second kappa shape index (κ2) is 10.7. The average molecular weight is 498 g/mol. The zero-order chi connectivity index (χ0) is 22.1. The fourth-order valence-electron chi connectivity index (χ4n) is 2.26. The predicted molar refractivity (Wildman–Crippen MR) is 116 cm³/mol. The monoisotopic (exact) mass is 497 g/mol. The predicted octanol–water partition coefficient (Wildman–Crippen LogP) is 1.92. The highest BCUT2D eigenvalue weighted by Crippen LogP contribution is 2.21. The van der Waals surface area contributed by atoms with Gasteiger partial charge in [-0.25, -0.2) is 18.6 Å². The molecule has 0 aliphatic carbocycles. The first-order valence-corrected chi connectivity index (χ1v) is 11.2. The van der Waals surface area contributed by atoms with Crippen LogP contribution in [0.15, 0.2) is 58.1 Å². The first kappa shape index (κ1) is 23.4. The van der Waals surface area contributed by atoms with E-state index >= 15 is 0 Å². The Morgan fingerprint density at radius 1 is 1.20 bits per heavy atom. The standard InChI is InChI=1S/C19H20BrN3O6S/c1-28-19(25)13-29-17-8-3-5-14(9-17)11-21-22-18(24)12-23(30(2,26)27)16-7-4-6-15(20)10-16/h3-11H,12-13H2,1-2H3,(H,22,24)/b21-11-. The Kier molecular flexibility index (Phi) is 8.36. The van der Waals surface area contributed by atoms with E-state index in [1.54, 1.807) is 48.5 Å². The highest BCUT2D eigenvalue weighted by molar-refractivity contribution is 9.10. The maximum atomic E-state index is 12.2. The number of hydrazone groups is 1. The van der Waals surface area contributed by atoms with E-state index in [-0.39, 0.29) is 6.61 Å². The Labute approximate surface area is 182 Å². The van der Waals surface area contributed by atoms with Gasteiger partial charge in [0.1, 0.15) is 12.3 Å². The molecule has 2 rings (SSSR count). The van der Waals surface area contributed by atoms with Crippen LogP contribution in [0.3, 0.4) is 0 Å². The van der Waals surface area contributed by atoms with E-state index in [0.29, 0.717) is 21.5 Å². The minimum Gasteiger partial charge on any atom is -0.482 e. The number of hydrogen-bond acceptors (Lipinski definition) is 7. The van der Waals surface area contributed by atoms with E-state index in [0.717, 1.165) is 10.6 Å². The van der Waals surface area contributed by atoms with Gasteiger partial charge in [-0.2, -0.15) is 5.10 Å². The minimum atomic E-state index is -3.68. The Morgan fingerprint density at radius 2 is 1.93 bits per heavy atom. The van der Waals surface area contributed by atoms with Gasteiger partial charge in [0.25, 0.3) is 5.91 Å². The summed E-state index contributed by atoms with van der Waals surface area (Å²) in [5, 5.41) is 3.84. The van der Waals surface area contributed by atoms with E-state index in [1.165, 1.54) is 13.3 Å². The second-order valence-corrected chi connectivity index (χ2v) is 8.80. The van der Waals surface area contributed by atoms with Crippen LogP contribution >= 0.6 is 15.9 Å². The number of anilines is 1. The number of hydrogen-bond donors (Lipinski definition) is 1. The molecule has 2 aromatic carbocycles. The van der Waals surface area contributed by atoms with E-state index in [9.17, 15) is 18.0 Å². The average Bonchev–Trinajstić information content (AvgIpc) is 2.69. The molecule has 0 aliphatic heterocycles. The lowest BCUT2D eigenvalue weighted by Gasteiger charge is -2.21. The van der Waals surface area contributed by atoms with Gasteiger partial charge < -0.3 is 9.47 Å². The van der Waals surface area contributed by atoms with E-state index in [2.05, 4.69) is 31.2 Å². The maximum absolute atomic E-state index is 12.2. The number of methoxy groups -OCH3 is 1. The first-order chi connectivity index (χ1) is 14.2. The van der Waals surface area contributed by atoms with Crippen molar-refractivity contribution in [2.24, 2.45) is 5.10 Å². The largest absolute Gasteiger partial charge is 0.482 e. The molecule has 0 aliphatic rings. The van der Waals surface area contributed by atoms with E-state index in [4.69, 9.17) is 4.74 Å². The smallest absolute Gasteiger partial charge is 0.343 e. The van der Waals surface area contributed by atoms with E-state index in [1.807, 2.05) is 0 Å². The molecule has 0 saturated heterocycles. The number of carbonyl (C=O) groups excluding carboxylic acids is 2. The fourth-order valence-corrected chi connectivity index (χ4v) is 3.50. The lowest BCUT2D eigenvalue weighted by molar-refractivity contribution is -0.142. The number of carbonyl (C=O) groups is 2. The summed E-state index contributed by atoms with van der Waals surface area (Å²) in [6.07, 6.45) is 2.39. The molecule has 1 N–H and O–H groups in total.